The van der Waals surface area contributed by atoms with Crippen LogP contribution in [0.5, 0.6) is 0 Å². The molecule has 1 heterocycles. The summed E-state index contributed by atoms with van der Waals surface area (Å²) in [6, 6.07) is 6.28. The van der Waals surface area contributed by atoms with E-state index in [9.17, 15) is 9.18 Å². The fourth-order valence-corrected chi connectivity index (χ4v) is 2.85. The number of ketones is 1. The first-order chi connectivity index (χ1) is 7.99. The normalized spacial score (nSPS) is 10.6. The lowest BCUT2D eigenvalue weighted by molar-refractivity contribution is 0.104. The zero-order valence-electron chi connectivity index (χ0n) is 10.0. The molecule has 0 fully saturated rings. The summed E-state index contributed by atoms with van der Waals surface area (Å²) < 4.78 is 13.0. The highest BCUT2D eigenvalue weighted by molar-refractivity contribution is 7.14. The van der Waals surface area contributed by atoms with Gasteiger partial charge in [-0.05, 0) is 56.2 Å². The first kappa shape index (κ1) is 12.0. The van der Waals surface area contributed by atoms with E-state index in [1.807, 2.05) is 19.9 Å². The summed E-state index contributed by atoms with van der Waals surface area (Å²) in [5.41, 5.74) is 2.25. The number of hydrogen-bond acceptors (Lipinski definition) is 2. The molecule has 0 N–H and O–H groups in total. The van der Waals surface area contributed by atoms with Gasteiger partial charge >= 0.3 is 0 Å². The van der Waals surface area contributed by atoms with E-state index < -0.39 is 0 Å². The lowest BCUT2D eigenvalue weighted by atomic mass is 10.0. The summed E-state index contributed by atoms with van der Waals surface area (Å²) in [5.74, 6) is -0.323. The third kappa shape index (κ3) is 2.29. The van der Waals surface area contributed by atoms with E-state index in [1.165, 1.54) is 23.5 Å². The summed E-state index contributed by atoms with van der Waals surface area (Å²) >= 11 is 1.49. The van der Waals surface area contributed by atoms with E-state index >= 15 is 0 Å². The Balaban J connectivity index is 2.47. The van der Waals surface area contributed by atoms with Crippen LogP contribution in [0.3, 0.4) is 0 Å². The van der Waals surface area contributed by atoms with Crippen LogP contribution in [-0.2, 0) is 0 Å². The van der Waals surface area contributed by atoms with Crippen LogP contribution in [0.1, 0.15) is 31.2 Å². The minimum Gasteiger partial charge on any atom is -0.288 e. The minimum absolute atomic E-state index is 0.0156. The van der Waals surface area contributed by atoms with Crippen LogP contribution >= 0.6 is 11.3 Å². The van der Waals surface area contributed by atoms with Gasteiger partial charge in [-0.15, -0.1) is 11.3 Å². The molecule has 3 heteroatoms. The van der Waals surface area contributed by atoms with Crippen LogP contribution < -0.4 is 0 Å². The van der Waals surface area contributed by atoms with E-state index in [4.69, 9.17) is 0 Å². The Kier molecular flexibility index (Phi) is 3.11. The quantitative estimate of drug-likeness (QED) is 0.733. The van der Waals surface area contributed by atoms with Gasteiger partial charge in [0.05, 0.1) is 4.88 Å². The summed E-state index contributed by atoms with van der Waals surface area (Å²) in [6.07, 6.45) is 0. The average molecular weight is 248 g/mol. The Morgan fingerprint density at radius 1 is 1.12 bits per heavy atom. The van der Waals surface area contributed by atoms with Crippen LogP contribution in [0, 0.1) is 26.6 Å². The van der Waals surface area contributed by atoms with Crippen molar-refractivity contribution < 1.29 is 9.18 Å². The molecule has 0 aliphatic carbocycles. The molecule has 2 aromatic rings. The Morgan fingerprint density at radius 2 is 1.82 bits per heavy atom. The van der Waals surface area contributed by atoms with Crippen molar-refractivity contribution in [3.8, 4) is 0 Å². The van der Waals surface area contributed by atoms with Crippen LogP contribution in [0.2, 0.25) is 0 Å². The van der Waals surface area contributed by atoms with Gasteiger partial charge in [0.15, 0.2) is 0 Å². The second-order valence-corrected chi connectivity index (χ2v) is 5.41. The number of thiophene rings is 1. The van der Waals surface area contributed by atoms with Gasteiger partial charge in [-0.2, -0.15) is 0 Å². The maximum atomic E-state index is 13.0. The second-order valence-electron chi connectivity index (χ2n) is 4.16. The standard InChI is InChI=1S/C14H13FOS/c1-8-7-11(15)4-5-12(8)13(16)14-9(2)6-10(3)17-14/h4-7H,1-3H3. The van der Waals surface area contributed by atoms with Crippen molar-refractivity contribution in [3.63, 3.8) is 0 Å². The molecule has 0 saturated carbocycles. The molecule has 0 saturated heterocycles. The van der Waals surface area contributed by atoms with E-state index in [-0.39, 0.29) is 11.6 Å². The highest BCUT2D eigenvalue weighted by Gasteiger charge is 2.16. The molecule has 0 unspecified atom stereocenters. The Hall–Kier alpha value is -1.48. The van der Waals surface area contributed by atoms with Crippen LogP contribution in [-0.4, -0.2) is 5.78 Å². The minimum atomic E-state index is -0.307. The number of hydrogen-bond donors (Lipinski definition) is 0. The molecule has 1 nitrogen and oxygen atoms in total. The number of benzene rings is 1. The van der Waals surface area contributed by atoms with Gasteiger partial charge in [0.25, 0.3) is 0 Å². The fraction of sp³-hybridized carbons (Fsp3) is 0.214. The van der Waals surface area contributed by atoms with Gasteiger partial charge in [0.1, 0.15) is 5.82 Å². The zero-order chi connectivity index (χ0) is 12.6. The topological polar surface area (TPSA) is 17.1 Å². The van der Waals surface area contributed by atoms with Crippen molar-refractivity contribution in [2.24, 2.45) is 0 Å². The number of rotatable bonds is 2. The number of aryl methyl sites for hydroxylation is 3. The van der Waals surface area contributed by atoms with Crippen molar-refractivity contribution in [1.29, 1.82) is 0 Å². The molecular formula is C14H13FOS. The zero-order valence-corrected chi connectivity index (χ0v) is 10.8. The molecule has 88 valence electrons. The SMILES string of the molecule is Cc1cc(C)c(C(=O)c2ccc(F)cc2C)s1. The highest BCUT2D eigenvalue weighted by atomic mass is 32.1. The third-order valence-electron chi connectivity index (χ3n) is 2.68. The second kappa shape index (κ2) is 4.41. The van der Waals surface area contributed by atoms with Gasteiger partial charge in [0.2, 0.25) is 5.78 Å². The third-order valence-corrected chi connectivity index (χ3v) is 3.83. The monoisotopic (exact) mass is 248 g/mol. The summed E-state index contributed by atoms with van der Waals surface area (Å²) in [6.45, 7) is 5.66. The summed E-state index contributed by atoms with van der Waals surface area (Å²) in [7, 11) is 0. The van der Waals surface area contributed by atoms with E-state index in [2.05, 4.69) is 0 Å². The number of halogens is 1. The van der Waals surface area contributed by atoms with Gasteiger partial charge in [-0.3, -0.25) is 4.79 Å². The van der Waals surface area contributed by atoms with Crippen molar-refractivity contribution in [2.75, 3.05) is 0 Å². The van der Waals surface area contributed by atoms with Crippen molar-refractivity contribution in [1.82, 2.24) is 0 Å². The lowest BCUT2D eigenvalue weighted by Gasteiger charge is -2.04. The molecule has 0 aliphatic heterocycles. The van der Waals surface area contributed by atoms with E-state index in [1.54, 1.807) is 13.0 Å². The van der Waals surface area contributed by atoms with Gasteiger partial charge in [-0.25, -0.2) is 4.39 Å². The Morgan fingerprint density at radius 3 is 2.35 bits per heavy atom. The van der Waals surface area contributed by atoms with E-state index in [0.717, 1.165) is 15.3 Å². The molecule has 0 bridgehead atoms. The molecule has 1 aromatic carbocycles. The predicted molar refractivity (Wildman–Crippen MR) is 68.4 cm³/mol. The van der Waals surface area contributed by atoms with Crippen molar-refractivity contribution in [2.45, 2.75) is 20.8 Å². The average Bonchev–Trinajstić information content (AvgIpc) is 2.57. The first-order valence-corrected chi connectivity index (χ1v) is 6.18. The van der Waals surface area contributed by atoms with Crippen LogP contribution in [0.4, 0.5) is 4.39 Å². The predicted octanol–water partition coefficient (Wildman–Crippen LogP) is 4.04. The van der Waals surface area contributed by atoms with Gasteiger partial charge in [0, 0.05) is 10.4 Å². The molecule has 0 amide bonds. The smallest absolute Gasteiger partial charge is 0.203 e. The fourth-order valence-electron chi connectivity index (χ4n) is 1.87. The first-order valence-electron chi connectivity index (χ1n) is 5.37. The molecule has 2 rings (SSSR count). The number of carbonyl (C=O) groups is 1. The maximum Gasteiger partial charge on any atom is 0.203 e. The molecular weight excluding hydrogens is 235 g/mol. The van der Waals surface area contributed by atoms with Gasteiger partial charge < -0.3 is 0 Å². The Bertz CT molecular complexity index is 584. The van der Waals surface area contributed by atoms with Crippen molar-refractivity contribution >= 4 is 17.1 Å². The molecule has 0 spiro atoms. The Labute approximate surface area is 104 Å². The van der Waals surface area contributed by atoms with E-state index in [0.29, 0.717) is 11.1 Å². The summed E-state index contributed by atoms with van der Waals surface area (Å²) in [4.78, 5) is 14.2. The lowest BCUT2D eigenvalue weighted by Crippen LogP contribution is -2.03. The molecule has 0 aliphatic rings. The molecule has 1 aromatic heterocycles. The number of carbonyl (C=O) groups excluding carboxylic acids is 1. The highest BCUT2D eigenvalue weighted by Crippen LogP contribution is 2.25. The molecule has 0 atom stereocenters. The summed E-state index contributed by atoms with van der Waals surface area (Å²) in [5, 5.41) is 0. The molecule has 17 heavy (non-hydrogen) atoms. The largest absolute Gasteiger partial charge is 0.288 e. The van der Waals surface area contributed by atoms with Crippen LogP contribution in [0.25, 0.3) is 0 Å². The van der Waals surface area contributed by atoms with Crippen molar-refractivity contribution in [3.05, 3.63) is 56.5 Å². The van der Waals surface area contributed by atoms with Gasteiger partial charge in [-0.1, -0.05) is 0 Å². The van der Waals surface area contributed by atoms with Crippen LogP contribution in [0.15, 0.2) is 24.3 Å². The maximum absolute atomic E-state index is 13.0. The molecule has 0 radical (unpaired) electrons.